The number of hydrogen-bond acceptors (Lipinski definition) is 3. The number of aliphatic imine (C=N–C) groups is 1. The van der Waals surface area contributed by atoms with E-state index in [0.717, 1.165) is 57.1 Å². The van der Waals surface area contributed by atoms with Crippen LogP contribution in [0.4, 0.5) is 0 Å². The highest BCUT2D eigenvalue weighted by molar-refractivity contribution is 5.79. The van der Waals surface area contributed by atoms with Gasteiger partial charge in [-0.05, 0) is 61.6 Å². The molecule has 1 aromatic carbocycles. The van der Waals surface area contributed by atoms with Crippen LogP contribution in [0.15, 0.2) is 29.3 Å². The maximum Gasteiger partial charge on any atom is 0.190 e. The standard InChI is InChI=1S/C21H35N3O2/c1-22-20(24-17-21(12-6-13-21)14-16-25-2)23-15-5-4-7-18-8-10-19(26-3)11-9-18/h8-11H,4-7,12-17H2,1-3H3,(H2,22,23,24). The smallest absolute Gasteiger partial charge is 0.190 e. The van der Waals surface area contributed by atoms with E-state index < -0.39 is 0 Å². The summed E-state index contributed by atoms with van der Waals surface area (Å²) in [5, 5.41) is 6.95. The predicted molar refractivity (Wildman–Crippen MR) is 108 cm³/mol. The van der Waals surface area contributed by atoms with Gasteiger partial charge < -0.3 is 20.1 Å². The van der Waals surface area contributed by atoms with E-state index in [1.165, 1.54) is 24.8 Å². The van der Waals surface area contributed by atoms with Crippen molar-refractivity contribution >= 4 is 5.96 Å². The van der Waals surface area contributed by atoms with Gasteiger partial charge in [-0.3, -0.25) is 4.99 Å². The van der Waals surface area contributed by atoms with Crippen LogP contribution in [0.5, 0.6) is 5.75 Å². The Kier molecular flexibility index (Phi) is 8.75. The largest absolute Gasteiger partial charge is 0.497 e. The zero-order valence-corrected chi connectivity index (χ0v) is 16.6. The molecule has 0 spiro atoms. The highest BCUT2D eigenvalue weighted by Gasteiger charge is 2.36. The van der Waals surface area contributed by atoms with E-state index in [9.17, 15) is 0 Å². The van der Waals surface area contributed by atoms with Crippen molar-refractivity contribution in [3.63, 3.8) is 0 Å². The van der Waals surface area contributed by atoms with Crippen molar-refractivity contribution in [3.8, 4) is 5.75 Å². The quantitative estimate of drug-likeness (QED) is 0.360. The number of unbranched alkanes of at least 4 members (excludes halogenated alkanes) is 1. The molecule has 0 unspecified atom stereocenters. The number of rotatable bonds is 11. The molecule has 2 rings (SSSR count). The molecule has 5 nitrogen and oxygen atoms in total. The molecular formula is C21H35N3O2. The zero-order valence-electron chi connectivity index (χ0n) is 16.6. The summed E-state index contributed by atoms with van der Waals surface area (Å²) in [6.45, 7) is 2.78. The van der Waals surface area contributed by atoms with E-state index in [-0.39, 0.29) is 0 Å². The summed E-state index contributed by atoms with van der Waals surface area (Å²) in [6, 6.07) is 8.34. The minimum absolute atomic E-state index is 0.405. The normalized spacial score (nSPS) is 16.0. The van der Waals surface area contributed by atoms with Crippen molar-refractivity contribution < 1.29 is 9.47 Å². The number of aryl methyl sites for hydroxylation is 1. The SMILES string of the molecule is CN=C(NCCCCc1ccc(OC)cc1)NCC1(CCOC)CCC1. The van der Waals surface area contributed by atoms with Gasteiger partial charge in [-0.1, -0.05) is 18.6 Å². The monoisotopic (exact) mass is 361 g/mol. The second-order valence-corrected chi connectivity index (χ2v) is 7.25. The van der Waals surface area contributed by atoms with Crippen LogP contribution >= 0.6 is 0 Å². The highest BCUT2D eigenvalue weighted by atomic mass is 16.5. The third-order valence-electron chi connectivity index (χ3n) is 5.45. The first-order valence-electron chi connectivity index (χ1n) is 9.78. The predicted octanol–water partition coefficient (Wildman–Crippen LogP) is 3.39. The third-order valence-corrected chi connectivity index (χ3v) is 5.45. The molecular weight excluding hydrogens is 326 g/mol. The number of nitrogens with zero attached hydrogens (tertiary/aromatic N) is 1. The Hall–Kier alpha value is -1.75. The number of ether oxygens (including phenoxy) is 2. The van der Waals surface area contributed by atoms with Crippen LogP contribution in [0.25, 0.3) is 0 Å². The second-order valence-electron chi connectivity index (χ2n) is 7.25. The summed E-state index contributed by atoms with van der Waals surface area (Å²) in [5.74, 6) is 1.83. The third kappa shape index (κ3) is 6.52. The van der Waals surface area contributed by atoms with Crippen LogP contribution in [0.3, 0.4) is 0 Å². The van der Waals surface area contributed by atoms with E-state index in [0.29, 0.717) is 5.41 Å². The average molecular weight is 362 g/mol. The molecule has 0 amide bonds. The molecule has 1 fully saturated rings. The maximum atomic E-state index is 5.27. The van der Waals surface area contributed by atoms with Gasteiger partial charge in [0.25, 0.3) is 0 Å². The lowest BCUT2D eigenvalue weighted by Gasteiger charge is -2.42. The Labute approximate surface area is 158 Å². The summed E-state index contributed by atoms with van der Waals surface area (Å²) in [5.41, 5.74) is 1.76. The van der Waals surface area contributed by atoms with E-state index in [1.54, 1.807) is 14.2 Å². The fourth-order valence-corrected chi connectivity index (χ4v) is 3.46. The minimum atomic E-state index is 0.405. The van der Waals surface area contributed by atoms with Crippen molar-refractivity contribution in [2.75, 3.05) is 41.0 Å². The topological polar surface area (TPSA) is 54.9 Å². The molecule has 0 heterocycles. The first-order valence-corrected chi connectivity index (χ1v) is 9.78. The molecule has 0 radical (unpaired) electrons. The molecule has 0 bridgehead atoms. The lowest BCUT2D eigenvalue weighted by molar-refractivity contribution is 0.0732. The molecule has 0 saturated heterocycles. The van der Waals surface area contributed by atoms with Crippen molar-refractivity contribution in [2.45, 2.75) is 44.9 Å². The van der Waals surface area contributed by atoms with Crippen LogP contribution in [0.2, 0.25) is 0 Å². The van der Waals surface area contributed by atoms with Crippen LogP contribution in [0.1, 0.15) is 44.1 Å². The van der Waals surface area contributed by atoms with Crippen LogP contribution in [0, 0.1) is 5.41 Å². The Morgan fingerprint density at radius 2 is 1.88 bits per heavy atom. The summed E-state index contributed by atoms with van der Waals surface area (Å²) in [6.07, 6.45) is 8.44. The van der Waals surface area contributed by atoms with Crippen molar-refractivity contribution in [3.05, 3.63) is 29.8 Å². The molecule has 2 N–H and O–H groups in total. The molecule has 1 aliphatic carbocycles. The summed E-state index contributed by atoms with van der Waals surface area (Å²) in [7, 11) is 5.33. The van der Waals surface area contributed by atoms with Crippen LogP contribution in [-0.2, 0) is 11.2 Å². The van der Waals surface area contributed by atoms with Crippen molar-refractivity contribution in [2.24, 2.45) is 10.4 Å². The number of methoxy groups -OCH3 is 2. The number of hydrogen-bond donors (Lipinski definition) is 2. The van der Waals surface area contributed by atoms with Gasteiger partial charge in [0, 0.05) is 33.9 Å². The van der Waals surface area contributed by atoms with E-state index in [2.05, 4.69) is 27.8 Å². The van der Waals surface area contributed by atoms with Gasteiger partial charge in [-0.2, -0.15) is 0 Å². The van der Waals surface area contributed by atoms with Crippen molar-refractivity contribution in [1.82, 2.24) is 10.6 Å². The zero-order chi connectivity index (χ0) is 18.7. The minimum Gasteiger partial charge on any atom is -0.497 e. The molecule has 1 aliphatic rings. The summed E-state index contributed by atoms with van der Waals surface area (Å²) < 4.78 is 10.5. The molecule has 1 saturated carbocycles. The average Bonchev–Trinajstić information content (AvgIpc) is 2.65. The van der Waals surface area contributed by atoms with Crippen LogP contribution in [-0.4, -0.2) is 46.9 Å². The molecule has 0 aliphatic heterocycles. The summed E-state index contributed by atoms with van der Waals surface area (Å²) >= 11 is 0. The Morgan fingerprint density at radius 3 is 2.46 bits per heavy atom. The van der Waals surface area contributed by atoms with E-state index >= 15 is 0 Å². The van der Waals surface area contributed by atoms with Crippen molar-refractivity contribution in [1.29, 1.82) is 0 Å². The Bertz CT molecular complexity index is 539. The fourth-order valence-electron chi connectivity index (χ4n) is 3.46. The van der Waals surface area contributed by atoms with Gasteiger partial charge in [-0.15, -0.1) is 0 Å². The van der Waals surface area contributed by atoms with E-state index in [1.807, 2.05) is 19.2 Å². The number of benzene rings is 1. The number of nitrogens with one attached hydrogen (secondary N) is 2. The van der Waals surface area contributed by atoms with E-state index in [4.69, 9.17) is 9.47 Å². The Morgan fingerprint density at radius 1 is 1.12 bits per heavy atom. The lowest BCUT2D eigenvalue weighted by Crippen LogP contribution is -2.47. The van der Waals surface area contributed by atoms with Gasteiger partial charge in [0.15, 0.2) is 5.96 Å². The highest BCUT2D eigenvalue weighted by Crippen LogP contribution is 2.43. The Balaban J connectivity index is 1.61. The van der Waals surface area contributed by atoms with Gasteiger partial charge >= 0.3 is 0 Å². The lowest BCUT2D eigenvalue weighted by atomic mass is 9.67. The maximum absolute atomic E-state index is 5.27. The summed E-state index contributed by atoms with van der Waals surface area (Å²) in [4.78, 5) is 4.35. The molecule has 1 aromatic rings. The molecule has 146 valence electrons. The fraction of sp³-hybridized carbons (Fsp3) is 0.667. The van der Waals surface area contributed by atoms with Crippen LogP contribution < -0.4 is 15.4 Å². The van der Waals surface area contributed by atoms with Gasteiger partial charge in [-0.25, -0.2) is 0 Å². The van der Waals surface area contributed by atoms with Gasteiger partial charge in [0.1, 0.15) is 5.75 Å². The molecule has 0 aromatic heterocycles. The molecule has 26 heavy (non-hydrogen) atoms. The molecule has 0 atom stereocenters. The molecule has 5 heteroatoms. The van der Waals surface area contributed by atoms with Gasteiger partial charge in [0.05, 0.1) is 7.11 Å². The number of guanidine groups is 1. The second kappa shape index (κ2) is 11.1. The van der Waals surface area contributed by atoms with Gasteiger partial charge in [0.2, 0.25) is 0 Å². The first-order chi connectivity index (χ1) is 12.7. The first kappa shape index (κ1) is 20.6.